The number of carbonyl (C=O) groups excluding carboxylic acids is 1. The van der Waals surface area contributed by atoms with Gasteiger partial charge in [0.25, 0.3) is 5.91 Å². The van der Waals surface area contributed by atoms with Gasteiger partial charge in [0, 0.05) is 15.8 Å². The summed E-state index contributed by atoms with van der Waals surface area (Å²) in [6.45, 7) is 1.66. The third kappa shape index (κ3) is 4.26. The Morgan fingerprint density at radius 3 is 2.52 bits per heavy atom. The molecule has 10 heteroatoms. The second-order valence-corrected chi connectivity index (χ2v) is 6.73. The van der Waals surface area contributed by atoms with Crippen molar-refractivity contribution >= 4 is 34.3 Å². The molecule has 0 spiro atoms. The van der Waals surface area contributed by atoms with Gasteiger partial charge in [-0.05, 0) is 59.8 Å². The maximum Gasteiger partial charge on any atom is 0.417 e. The lowest BCUT2D eigenvalue weighted by Gasteiger charge is -2.10. The number of hydrogen-bond donors (Lipinski definition) is 1. The Kier molecular flexibility index (Phi) is 5.18. The Morgan fingerprint density at radius 1 is 1.19 bits per heavy atom. The second-order valence-electron chi connectivity index (χ2n) is 5.56. The largest absolute Gasteiger partial charge is 0.417 e. The molecule has 0 fully saturated rings. The third-order valence-corrected chi connectivity index (χ3v) is 4.43. The van der Waals surface area contributed by atoms with E-state index < -0.39 is 23.5 Å². The lowest BCUT2D eigenvalue weighted by molar-refractivity contribution is -0.137. The van der Waals surface area contributed by atoms with Gasteiger partial charge in [-0.1, -0.05) is 0 Å². The molecule has 0 saturated carbocycles. The summed E-state index contributed by atoms with van der Waals surface area (Å²) < 4.78 is 52.9. The van der Waals surface area contributed by atoms with E-state index in [1.54, 1.807) is 13.0 Å². The van der Waals surface area contributed by atoms with Crippen molar-refractivity contribution in [1.82, 2.24) is 14.8 Å². The van der Waals surface area contributed by atoms with Crippen LogP contribution in [-0.4, -0.2) is 20.7 Å². The van der Waals surface area contributed by atoms with Crippen LogP contribution in [0.5, 0.6) is 0 Å². The van der Waals surface area contributed by atoms with Crippen LogP contribution in [0.3, 0.4) is 0 Å². The summed E-state index contributed by atoms with van der Waals surface area (Å²) in [6.07, 6.45) is -3.80. The first-order chi connectivity index (χ1) is 12.6. The lowest BCUT2D eigenvalue weighted by Crippen LogP contribution is -2.17. The van der Waals surface area contributed by atoms with E-state index in [9.17, 15) is 22.4 Å². The first kappa shape index (κ1) is 19.3. The van der Waals surface area contributed by atoms with Crippen LogP contribution in [0.1, 0.15) is 21.6 Å². The molecule has 140 valence electrons. The van der Waals surface area contributed by atoms with Crippen molar-refractivity contribution in [3.63, 3.8) is 0 Å². The monoisotopic (exact) mass is 490 g/mol. The molecule has 2 heterocycles. The van der Waals surface area contributed by atoms with Gasteiger partial charge in [0.1, 0.15) is 11.6 Å². The average Bonchev–Trinajstić information content (AvgIpc) is 2.94. The molecule has 0 aliphatic heterocycles. The van der Waals surface area contributed by atoms with E-state index in [2.05, 4.69) is 15.4 Å². The Balaban J connectivity index is 1.91. The molecule has 27 heavy (non-hydrogen) atoms. The Labute approximate surface area is 164 Å². The number of carbonyl (C=O) groups is 1. The SMILES string of the molecule is Cc1cc(NC(=O)c2ccc(F)cc2I)n(-c2ccc(C(F)(F)F)cn2)n1. The Bertz CT molecular complexity index is 999. The van der Waals surface area contributed by atoms with E-state index in [1.807, 2.05) is 22.6 Å². The fourth-order valence-corrected chi connectivity index (χ4v) is 3.02. The third-order valence-electron chi connectivity index (χ3n) is 3.54. The summed E-state index contributed by atoms with van der Waals surface area (Å²) in [5.41, 5.74) is -0.106. The molecule has 0 unspecified atom stereocenters. The van der Waals surface area contributed by atoms with E-state index >= 15 is 0 Å². The minimum absolute atomic E-state index is 0.111. The van der Waals surface area contributed by atoms with E-state index in [0.717, 1.165) is 18.2 Å². The number of pyridine rings is 1. The first-order valence-corrected chi connectivity index (χ1v) is 8.60. The molecule has 1 amide bonds. The highest BCUT2D eigenvalue weighted by Gasteiger charge is 2.30. The van der Waals surface area contributed by atoms with Crippen LogP contribution in [-0.2, 0) is 6.18 Å². The first-order valence-electron chi connectivity index (χ1n) is 7.52. The summed E-state index contributed by atoms with van der Waals surface area (Å²) in [7, 11) is 0. The van der Waals surface area contributed by atoms with Crippen LogP contribution in [0.2, 0.25) is 0 Å². The molecule has 0 saturated heterocycles. The predicted octanol–water partition coefficient (Wildman–Crippen LogP) is 4.59. The maximum absolute atomic E-state index is 13.2. The van der Waals surface area contributed by atoms with Gasteiger partial charge in [-0.25, -0.2) is 9.37 Å². The van der Waals surface area contributed by atoms with Crippen molar-refractivity contribution < 1.29 is 22.4 Å². The standard InChI is InChI=1S/C17H11F4IN4O/c1-9-6-15(24-16(27)12-4-3-11(18)7-13(12)22)26(25-9)14-5-2-10(8-23-14)17(19,20)21/h2-8H,1H3,(H,24,27). The zero-order valence-corrected chi connectivity index (χ0v) is 15.8. The maximum atomic E-state index is 13.2. The molecule has 1 aromatic carbocycles. The van der Waals surface area contributed by atoms with Crippen molar-refractivity contribution in [3.05, 3.63) is 68.8 Å². The number of hydrogen-bond acceptors (Lipinski definition) is 3. The molecule has 0 atom stereocenters. The molecule has 2 aromatic heterocycles. The van der Waals surface area contributed by atoms with Crippen molar-refractivity contribution in [2.24, 2.45) is 0 Å². The number of halogens is 5. The molecule has 0 bridgehead atoms. The molecule has 1 N–H and O–H groups in total. The highest BCUT2D eigenvalue weighted by Crippen LogP contribution is 2.29. The molecular weight excluding hydrogens is 479 g/mol. The van der Waals surface area contributed by atoms with Crippen LogP contribution >= 0.6 is 22.6 Å². The van der Waals surface area contributed by atoms with Gasteiger partial charge in [0.2, 0.25) is 0 Å². The summed E-state index contributed by atoms with van der Waals surface area (Å²) in [5.74, 6) is -0.636. The molecule has 0 aliphatic rings. The Morgan fingerprint density at radius 2 is 1.93 bits per heavy atom. The smallest absolute Gasteiger partial charge is 0.306 e. The number of aromatic nitrogens is 3. The fourth-order valence-electron chi connectivity index (χ4n) is 2.30. The summed E-state index contributed by atoms with van der Waals surface area (Å²) in [6, 6.07) is 7.32. The topological polar surface area (TPSA) is 59.8 Å². The Hall–Kier alpha value is -2.50. The van der Waals surface area contributed by atoms with E-state index in [-0.39, 0.29) is 17.2 Å². The average molecular weight is 490 g/mol. The van der Waals surface area contributed by atoms with E-state index in [1.165, 1.54) is 16.8 Å². The molecule has 0 aliphatic carbocycles. The van der Waals surface area contributed by atoms with E-state index in [0.29, 0.717) is 15.5 Å². The minimum atomic E-state index is -4.50. The van der Waals surface area contributed by atoms with E-state index in [4.69, 9.17) is 0 Å². The van der Waals surface area contributed by atoms with Crippen LogP contribution in [0.4, 0.5) is 23.4 Å². The van der Waals surface area contributed by atoms with Gasteiger partial charge < -0.3 is 5.32 Å². The zero-order chi connectivity index (χ0) is 19.8. The number of aryl methyl sites for hydroxylation is 1. The van der Waals surface area contributed by atoms with Gasteiger partial charge in [-0.3, -0.25) is 4.79 Å². The van der Waals surface area contributed by atoms with Crippen molar-refractivity contribution in [2.75, 3.05) is 5.32 Å². The summed E-state index contributed by atoms with van der Waals surface area (Å²) >= 11 is 1.84. The van der Waals surface area contributed by atoms with Crippen molar-refractivity contribution in [2.45, 2.75) is 13.1 Å². The number of nitrogens with zero attached hydrogens (tertiary/aromatic N) is 3. The number of anilines is 1. The fraction of sp³-hybridized carbons (Fsp3) is 0.118. The van der Waals surface area contributed by atoms with Gasteiger partial charge >= 0.3 is 6.18 Å². The zero-order valence-electron chi connectivity index (χ0n) is 13.7. The number of rotatable bonds is 3. The second kappa shape index (κ2) is 7.25. The number of amides is 1. The molecule has 5 nitrogen and oxygen atoms in total. The highest BCUT2D eigenvalue weighted by atomic mass is 127. The predicted molar refractivity (Wildman–Crippen MR) is 98.2 cm³/mol. The molecule has 3 aromatic rings. The van der Waals surface area contributed by atoms with Crippen molar-refractivity contribution in [1.29, 1.82) is 0 Å². The quantitative estimate of drug-likeness (QED) is 0.432. The number of benzene rings is 1. The van der Waals surface area contributed by atoms with Crippen LogP contribution < -0.4 is 5.32 Å². The summed E-state index contributed by atoms with van der Waals surface area (Å²) in [5, 5.41) is 6.78. The number of nitrogens with one attached hydrogen (secondary N) is 1. The number of alkyl halides is 3. The van der Waals surface area contributed by atoms with Crippen LogP contribution in [0.25, 0.3) is 5.82 Å². The molecule has 0 radical (unpaired) electrons. The molecular formula is C17H11F4IN4O. The lowest BCUT2D eigenvalue weighted by atomic mass is 10.2. The van der Waals surface area contributed by atoms with Gasteiger partial charge in [-0.2, -0.15) is 23.0 Å². The van der Waals surface area contributed by atoms with Crippen molar-refractivity contribution in [3.8, 4) is 5.82 Å². The molecule has 3 rings (SSSR count). The van der Waals surface area contributed by atoms with Gasteiger partial charge in [0.15, 0.2) is 5.82 Å². The summed E-state index contributed by atoms with van der Waals surface area (Å²) in [4.78, 5) is 16.3. The highest BCUT2D eigenvalue weighted by molar-refractivity contribution is 14.1. The normalized spacial score (nSPS) is 11.5. The van der Waals surface area contributed by atoms with Crippen LogP contribution in [0, 0.1) is 16.3 Å². The minimum Gasteiger partial charge on any atom is -0.306 e. The van der Waals surface area contributed by atoms with Gasteiger partial charge in [0.05, 0.1) is 16.8 Å². The van der Waals surface area contributed by atoms with Gasteiger partial charge in [-0.15, -0.1) is 0 Å². The van der Waals surface area contributed by atoms with Crippen LogP contribution in [0.15, 0.2) is 42.6 Å².